The Bertz CT molecular complexity index is 811. The van der Waals surface area contributed by atoms with Crippen LogP contribution in [0.3, 0.4) is 0 Å². The second kappa shape index (κ2) is 8.36. The number of carbonyl (C=O) groups is 3. The molecule has 1 aromatic carbocycles. The van der Waals surface area contributed by atoms with Gasteiger partial charge < -0.3 is 15.1 Å². The molecule has 28 heavy (non-hydrogen) atoms. The summed E-state index contributed by atoms with van der Waals surface area (Å²) >= 11 is 0.928. The molecule has 0 saturated carbocycles. The molecule has 1 unspecified atom stereocenters. The van der Waals surface area contributed by atoms with Crippen molar-refractivity contribution in [2.75, 3.05) is 44.2 Å². The number of nitrogens with one attached hydrogen (secondary N) is 2. The van der Waals surface area contributed by atoms with Crippen LogP contribution in [0.15, 0.2) is 29.2 Å². The third kappa shape index (κ3) is 4.07. The Balaban J connectivity index is 1.44. The lowest BCUT2D eigenvalue weighted by atomic mass is 9.98. The van der Waals surface area contributed by atoms with Gasteiger partial charge in [-0.1, -0.05) is 18.2 Å². The van der Waals surface area contributed by atoms with Crippen LogP contribution in [0.2, 0.25) is 0 Å². The van der Waals surface area contributed by atoms with Gasteiger partial charge in [-0.25, -0.2) is 0 Å². The number of hydrogen-bond donors (Lipinski definition) is 2. The molecule has 3 amide bonds. The van der Waals surface area contributed by atoms with E-state index in [1.54, 1.807) is 6.08 Å². The Hall–Kier alpha value is -2.32. The number of carbonyl (C=O) groups excluding carboxylic acids is 3. The average molecular weight is 401 g/mol. The summed E-state index contributed by atoms with van der Waals surface area (Å²) in [5, 5.41) is 5.27. The smallest absolute Gasteiger partial charge is 0.290 e. The van der Waals surface area contributed by atoms with E-state index in [0.717, 1.165) is 62.0 Å². The Kier molecular flexibility index (Phi) is 5.68. The Morgan fingerprint density at radius 1 is 1.14 bits per heavy atom. The quantitative estimate of drug-likeness (QED) is 0.751. The summed E-state index contributed by atoms with van der Waals surface area (Å²) in [6.45, 7) is 4.70. The fraction of sp³-hybridized carbons (Fsp3) is 0.450. The molecule has 4 rings (SSSR count). The normalized spacial score (nSPS) is 24.6. The van der Waals surface area contributed by atoms with Crippen molar-refractivity contribution in [1.82, 2.24) is 15.5 Å². The number of piperidine rings is 1. The van der Waals surface area contributed by atoms with Crippen molar-refractivity contribution in [3.8, 4) is 0 Å². The highest BCUT2D eigenvalue weighted by atomic mass is 32.2. The van der Waals surface area contributed by atoms with Crippen LogP contribution < -0.4 is 15.5 Å². The Labute approximate surface area is 168 Å². The average Bonchev–Trinajstić information content (AvgIpc) is 3.05. The van der Waals surface area contributed by atoms with Crippen LogP contribution in [0.1, 0.15) is 18.4 Å². The predicted molar refractivity (Wildman–Crippen MR) is 110 cm³/mol. The molecule has 1 aromatic rings. The van der Waals surface area contributed by atoms with E-state index in [2.05, 4.69) is 15.5 Å². The number of nitrogens with zero attached hydrogens (tertiary/aromatic N) is 2. The highest BCUT2D eigenvalue weighted by Crippen LogP contribution is 2.30. The first-order chi connectivity index (χ1) is 13.6. The van der Waals surface area contributed by atoms with E-state index in [4.69, 9.17) is 0 Å². The Morgan fingerprint density at radius 2 is 1.93 bits per heavy atom. The molecule has 3 fully saturated rings. The molecule has 148 valence electrons. The Morgan fingerprint density at radius 3 is 2.61 bits per heavy atom. The van der Waals surface area contributed by atoms with E-state index < -0.39 is 0 Å². The molecule has 3 aliphatic rings. The minimum absolute atomic E-state index is 0.104. The van der Waals surface area contributed by atoms with Gasteiger partial charge in [0.15, 0.2) is 0 Å². The lowest BCUT2D eigenvalue weighted by Crippen LogP contribution is -2.52. The molecule has 1 atom stereocenters. The summed E-state index contributed by atoms with van der Waals surface area (Å²) in [5.74, 6) is 0.0221. The first kappa shape index (κ1) is 19.0. The minimum atomic E-state index is -0.346. The molecule has 3 aliphatic heterocycles. The molecule has 3 heterocycles. The number of para-hydroxylation sites is 1. The largest absolute Gasteiger partial charge is 0.367 e. The second-order valence-electron chi connectivity index (χ2n) is 7.27. The molecule has 0 radical (unpaired) electrons. The summed E-state index contributed by atoms with van der Waals surface area (Å²) in [5.41, 5.74) is 1.93. The summed E-state index contributed by atoms with van der Waals surface area (Å²) in [6, 6.07) is 7.86. The van der Waals surface area contributed by atoms with E-state index in [1.165, 1.54) is 0 Å². The van der Waals surface area contributed by atoms with Crippen molar-refractivity contribution in [2.24, 2.45) is 5.92 Å². The SMILES string of the molecule is O=C1NC(=O)/C(=C/c2ccccc2N2CCN(C(=O)C3CCCNC3)CC2)S1. The zero-order valence-electron chi connectivity index (χ0n) is 15.6. The van der Waals surface area contributed by atoms with E-state index in [0.29, 0.717) is 18.0 Å². The van der Waals surface area contributed by atoms with E-state index in [1.807, 2.05) is 29.2 Å². The standard InChI is InChI=1S/C20H24N4O3S/c25-18-17(28-20(27)22-18)12-14-4-1-2-6-16(14)23-8-10-24(11-9-23)19(26)15-5-3-7-21-13-15/h1-2,4,6,12,15,21H,3,5,7-11,13H2,(H,22,25,27)/b17-12-. The topological polar surface area (TPSA) is 81.8 Å². The van der Waals surface area contributed by atoms with Crippen molar-refractivity contribution in [1.29, 1.82) is 0 Å². The first-order valence-electron chi connectivity index (χ1n) is 9.70. The molecule has 0 aliphatic carbocycles. The maximum atomic E-state index is 12.7. The third-order valence-corrected chi connectivity index (χ3v) is 6.25. The number of amides is 3. The molecule has 8 heteroatoms. The van der Waals surface area contributed by atoms with Gasteiger partial charge in [0.25, 0.3) is 11.1 Å². The molecule has 7 nitrogen and oxygen atoms in total. The molecule has 0 aromatic heterocycles. The van der Waals surface area contributed by atoms with Gasteiger partial charge in [0.05, 0.1) is 10.8 Å². The van der Waals surface area contributed by atoms with E-state index in [9.17, 15) is 14.4 Å². The van der Waals surface area contributed by atoms with Gasteiger partial charge >= 0.3 is 0 Å². The van der Waals surface area contributed by atoms with Crippen molar-refractivity contribution >= 4 is 40.6 Å². The van der Waals surface area contributed by atoms with Crippen molar-refractivity contribution in [2.45, 2.75) is 12.8 Å². The molecule has 3 saturated heterocycles. The number of rotatable bonds is 3. The minimum Gasteiger partial charge on any atom is -0.367 e. The van der Waals surface area contributed by atoms with Gasteiger partial charge in [-0.3, -0.25) is 19.7 Å². The van der Waals surface area contributed by atoms with Crippen LogP contribution >= 0.6 is 11.8 Å². The summed E-state index contributed by atoms with van der Waals surface area (Å²) in [6.07, 6.45) is 3.80. The van der Waals surface area contributed by atoms with Crippen LogP contribution in [0, 0.1) is 5.92 Å². The van der Waals surface area contributed by atoms with Crippen LogP contribution in [0.5, 0.6) is 0 Å². The van der Waals surface area contributed by atoms with Crippen molar-refractivity contribution in [3.63, 3.8) is 0 Å². The predicted octanol–water partition coefficient (Wildman–Crippen LogP) is 1.66. The van der Waals surface area contributed by atoms with Gasteiger partial charge in [0, 0.05) is 38.4 Å². The second-order valence-corrected chi connectivity index (χ2v) is 8.28. The summed E-state index contributed by atoms with van der Waals surface area (Å²) < 4.78 is 0. The zero-order valence-corrected chi connectivity index (χ0v) is 16.5. The number of hydrogen-bond acceptors (Lipinski definition) is 6. The molecular weight excluding hydrogens is 376 g/mol. The van der Waals surface area contributed by atoms with Gasteiger partial charge in [0.2, 0.25) is 5.91 Å². The third-order valence-electron chi connectivity index (χ3n) is 5.44. The number of thioether (sulfide) groups is 1. The molecule has 0 spiro atoms. The van der Waals surface area contributed by atoms with E-state index >= 15 is 0 Å². The van der Waals surface area contributed by atoms with Gasteiger partial charge in [0.1, 0.15) is 0 Å². The molecule has 0 bridgehead atoms. The van der Waals surface area contributed by atoms with Crippen LogP contribution in [0.4, 0.5) is 10.5 Å². The maximum absolute atomic E-state index is 12.7. The molecule has 2 N–H and O–H groups in total. The number of piperazine rings is 1. The lowest BCUT2D eigenvalue weighted by molar-refractivity contribution is -0.136. The lowest BCUT2D eigenvalue weighted by Gasteiger charge is -2.38. The van der Waals surface area contributed by atoms with Gasteiger partial charge in [-0.2, -0.15) is 0 Å². The van der Waals surface area contributed by atoms with Gasteiger partial charge in [-0.05, 0) is 48.9 Å². The molecular formula is C20H24N4O3S. The highest BCUT2D eigenvalue weighted by Gasteiger charge is 2.29. The number of imide groups is 1. The monoisotopic (exact) mass is 400 g/mol. The number of benzene rings is 1. The zero-order chi connectivity index (χ0) is 19.5. The fourth-order valence-electron chi connectivity index (χ4n) is 3.95. The van der Waals surface area contributed by atoms with Crippen molar-refractivity contribution < 1.29 is 14.4 Å². The maximum Gasteiger partial charge on any atom is 0.290 e. The fourth-order valence-corrected chi connectivity index (χ4v) is 4.62. The van der Waals surface area contributed by atoms with Crippen LogP contribution in [0.25, 0.3) is 6.08 Å². The van der Waals surface area contributed by atoms with E-state index in [-0.39, 0.29) is 23.0 Å². The highest BCUT2D eigenvalue weighted by molar-refractivity contribution is 8.18. The summed E-state index contributed by atoms with van der Waals surface area (Å²) in [4.78, 5) is 40.6. The van der Waals surface area contributed by atoms with Gasteiger partial charge in [-0.15, -0.1) is 0 Å². The number of anilines is 1. The van der Waals surface area contributed by atoms with Crippen LogP contribution in [-0.2, 0) is 9.59 Å². The van der Waals surface area contributed by atoms with Crippen LogP contribution in [-0.4, -0.2) is 61.2 Å². The summed E-state index contributed by atoms with van der Waals surface area (Å²) in [7, 11) is 0. The van der Waals surface area contributed by atoms with Crippen molar-refractivity contribution in [3.05, 3.63) is 34.7 Å². The first-order valence-corrected chi connectivity index (χ1v) is 10.5.